The molecule has 0 aliphatic rings. The number of H-pyrrole nitrogens is 1. The molecule has 1 amide bonds. The largest absolute Gasteiger partial charge is 0.493 e. The van der Waals surface area contributed by atoms with Gasteiger partial charge in [-0.1, -0.05) is 48.5 Å². The van der Waals surface area contributed by atoms with E-state index in [2.05, 4.69) is 16.4 Å². The van der Waals surface area contributed by atoms with Gasteiger partial charge in [-0.2, -0.15) is 0 Å². The summed E-state index contributed by atoms with van der Waals surface area (Å²) in [6.07, 6.45) is 3.89. The molecule has 0 saturated carbocycles. The maximum atomic E-state index is 13.3. The molecule has 1 unspecified atom stereocenters. The minimum Gasteiger partial charge on any atom is -0.493 e. The van der Waals surface area contributed by atoms with Gasteiger partial charge in [0.25, 0.3) is 5.91 Å². The monoisotopic (exact) mass is 453 g/mol. The molecule has 0 fully saturated rings. The highest BCUT2D eigenvalue weighted by atomic mass is 16.5. The molecule has 1 atom stereocenters. The summed E-state index contributed by atoms with van der Waals surface area (Å²) in [6, 6.07) is 21.9. The van der Waals surface area contributed by atoms with Crippen molar-refractivity contribution in [2.75, 3.05) is 20.8 Å². The summed E-state index contributed by atoms with van der Waals surface area (Å²) in [7, 11) is 5.22. The van der Waals surface area contributed by atoms with Gasteiger partial charge in [-0.25, -0.2) is 0 Å². The van der Waals surface area contributed by atoms with E-state index in [1.54, 1.807) is 14.2 Å². The topological polar surface area (TPSA) is 68.3 Å². The Labute approximate surface area is 198 Å². The second-order valence-electron chi connectivity index (χ2n) is 8.31. The van der Waals surface area contributed by atoms with Crippen LogP contribution >= 0.6 is 0 Å². The van der Waals surface area contributed by atoms with Crippen LogP contribution in [0.2, 0.25) is 0 Å². The van der Waals surface area contributed by atoms with Crippen molar-refractivity contribution >= 4 is 27.7 Å². The number of ether oxygens (including phenoxy) is 2. The zero-order chi connectivity index (χ0) is 23.7. The number of nitrogens with one attached hydrogen (secondary N) is 2. The van der Waals surface area contributed by atoms with Crippen LogP contribution in [0.15, 0.2) is 79.1 Å². The molecule has 0 bridgehead atoms. The molecule has 2 heterocycles. The predicted molar refractivity (Wildman–Crippen MR) is 135 cm³/mol. The van der Waals surface area contributed by atoms with Gasteiger partial charge in [0.05, 0.1) is 19.8 Å². The van der Waals surface area contributed by atoms with Gasteiger partial charge >= 0.3 is 0 Å². The fraction of sp³-hybridized carbons (Fsp3) is 0.179. The molecule has 3 aromatic carbocycles. The smallest absolute Gasteiger partial charge is 0.253 e. The number of aromatic amines is 1. The van der Waals surface area contributed by atoms with Crippen LogP contribution in [0.1, 0.15) is 27.4 Å². The number of carbonyl (C=O) groups is 1. The van der Waals surface area contributed by atoms with E-state index in [1.807, 2.05) is 84.7 Å². The number of methoxy groups -OCH3 is 2. The fourth-order valence-electron chi connectivity index (χ4n) is 4.77. The molecular formula is C28H27N3O3. The van der Waals surface area contributed by atoms with Crippen molar-refractivity contribution in [3.63, 3.8) is 0 Å². The lowest BCUT2D eigenvalue weighted by atomic mass is 9.89. The first-order valence-corrected chi connectivity index (χ1v) is 11.2. The first-order valence-electron chi connectivity index (χ1n) is 11.2. The number of aromatic nitrogens is 2. The third-order valence-electron chi connectivity index (χ3n) is 6.41. The minimum absolute atomic E-state index is 0.108. The van der Waals surface area contributed by atoms with Gasteiger partial charge in [0.1, 0.15) is 0 Å². The molecule has 0 aliphatic carbocycles. The lowest BCUT2D eigenvalue weighted by Gasteiger charge is -2.22. The van der Waals surface area contributed by atoms with Gasteiger partial charge in [-0.3, -0.25) is 4.79 Å². The Bertz CT molecular complexity index is 1480. The number of aryl methyl sites for hydroxylation is 1. The average molecular weight is 454 g/mol. The first kappa shape index (κ1) is 21.6. The number of amides is 1. The summed E-state index contributed by atoms with van der Waals surface area (Å²) >= 11 is 0. The molecule has 0 aliphatic heterocycles. The fourth-order valence-corrected chi connectivity index (χ4v) is 4.77. The zero-order valence-electron chi connectivity index (χ0n) is 19.5. The summed E-state index contributed by atoms with van der Waals surface area (Å²) in [5.41, 5.74) is 4.76. The van der Waals surface area contributed by atoms with Gasteiger partial charge in [0, 0.05) is 59.3 Å². The van der Waals surface area contributed by atoms with Crippen LogP contribution in [0.5, 0.6) is 11.5 Å². The van der Waals surface area contributed by atoms with Crippen molar-refractivity contribution in [1.82, 2.24) is 14.9 Å². The Morgan fingerprint density at radius 1 is 0.941 bits per heavy atom. The highest BCUT2D eigenvalue weighted by Gasteiger charge is 2.25. The standard InChI is InChI=1S/C28H27N3O3/c1-31-17-23(19-10-5-7-13-25(19)31)28(32)30-16-22(20-11-8-14-26(33-2)27(20)34-3)21-15-29-24-12-6-4-9-18(21)24/h4-15,17,22,29H,16H2,1-3H3,(H,30,32). The Balaban J connectivity index is 1.55. The maximum Gasteiger partial charge on any atom is 0.253 e. The Hall–Kier alpha value is -4.19. The highest BCUT2D eigenvalue weighted by molar-refractivity contribution is 6.07. The van der Waals surface area contributed by atoms with Crippen molar-refractivity contribution in [3.8, 4) is 11.5 Å². The number of nitrogens with zero attached hydrogens (tertiary/aromatic N) is 1. The molecule has 2 N–H and O–H groups in total. The third kappa shape index (κ3) is 3.67. The van der Waals surface area contributed by atoms with E-state index in [1.165, 1.54) is 0 Å². The highest BCUT2D eigenvalue weighted by Crippen LogP contribution is 2.40. The molecular weight excluding hydrogens is 426 g/mol. The maximum absolute atomic E-state index is 13.3. The SMILES string of the molecule is COc1cccc(C(CNC(=O)c2cn(C)c3ccccc23)c2c[nH]c3ccccc23)c1OC. The zero-order valence-corrected chi connectivity index (χ0v) is 19.5. The molecule has 0 radical (unpaired) electrons. The summed E-state index contributed by atoms with van der Waals surface area (Å²) in [5, 5.41) is 5.23. The number of carbonyl (C=O) groups excluding carboxylic acids is 1. The van der Waals surface area contributed by atoms with E-state index < -0.39 is 0 Å². The van der Waals surface area contributed by atoms with Gasteiger partial charge in [0.2, 0.25) is 0 Å². The molecule has 6 nitrogen and oxygen atoms in total. The first-order chi connectivity index (χ1) is 16.6. The van der Waals surface area contributed by atoms with Gasteiger partial charge in [0.15, 0.2) is 11.5 Å². The second-order valence-corrected chi connectivity index (χ2v) is 8.31. The molecule has 5 aromatic rings. The summed E-state index contributed by atoms with van der Waals surface area (Å²) in [5.74, 6) is 1.06. The van der Waals surface area contributed by atoms with E-state index >= 15 is 0 Å². The average Bonchev–Trinajstić information content (AvgIpc) is 3.45. The van der Waals surface area contributed by atoms with Crippen LogP contribution in [-0.4, -0.2) is 36.2 Å². The lowest BCUT2D eigenvalue weighted by Crippen LogP contribution is -2.29. The van der Waals surface area contributed by atoms with E-state index in [4.69, 9.17) is 9.47 Å². The molecule has 5 rings (SSSR count). The predicted octanol–water partition coefficient (Wildman–Crippen LogP) is 5.24. The molecule has 0 saturated heterocycles. The molecule has 2 aromatic heterocycles. The summed E-state index contributed by atoms with van der Waals surface area (Å²) in [4.78, 5) is 16.7. The van der Waals surface area contributed by atoms with Crippen LogP contribution < -0.4 is 14.8 Å². The van der Waals surface area contributed by atoms with Crippen molar-refractivity contribution in [2.45, 2.75) is 5.92 Å². The Kier molecular flexibility index (Phi) is 5.72. The number of fused-ring (bicyclic) bond motifs is 2. The third-order valence-corrected chi connectivity index (χ3v) is 6.41. The number of rotatable bonds is 7. The van der Waals surface area contributed by atoms with Crippen molar-refractivity contribution < 1.29 is 14.3 Å². The van der Waals surface area contributed by atoms with E-state index in [0.717, 1.165) is 32.9 Å². The Morgan fingerprint density at radius 3 is 2.50 bits per heavy atom. The summed E-state index contributed by atoms with van der Waals surface area (Å²) < 4.78 is 13.3. The van der Waals surface area contributed by atoms with E-state index in [-0.39, 0.29) is 11.8 Å². The van der Waals surface area contributed by atoms with Crippen molar-refractivity contribution in [2.24, 2.45) is 7.05 Å². The summed E-state index contributed by atoms with van der Waals surface area (Å²) in [6.45, 7) is 0.396. The van der Waals surface area contributed by atoms with Crippen molar-refractivity contribution in [1.29, 1.82) is 0 Å². The van der Waals surface area contributed by atoms with Crippen molar-refractivity contribution in [3.05, 3.63) is 95.8 Å². The quantitative estimate of drug-likeness (QED) is 0.354. The van der Waals surface area contributed by atoms with Gasteiger partial charge in [-0.15, -0.1) is 0 Å². The minimum atomic E-state index is -0.153. The lowest BCUT2D eigenvalue weighted by molar-refractivity contribution is 0.0954. The number of para-hydroxylation sites is 3. The number of hydrogen-bond acceptors (Lipinski definition) is 3. The van der Waals surface area contributed by atoms with E-state index in [0.29, 0.717) is 23.6 Å². The van der Waals surface area contributed by atoms with Crippen LogP contribution in [0.3, 0.4) is 0 Å². The van der Waals surface area contributed by atoms with Gasteiger partial charge < -0.3 is 24.3 Å². The molecule has 6 heteroatoms. The van der Waals surface area contributed by atoms with Crippen LogP contribution in [0.25, 0.3) is 21.8 Å². The van der Waals surface area contributed by atoms with Crippen LogP contribution in [-0.2, 0) is 7.05 Å². The molecule has 172 valence electrons. The van der Waals surface area contributed by atoms with Crippen LogP contribution in [0.4, 0.5) is 0 Å². The van der Waals surface area contributed by atoms with Crippen LogP contribution in [0, 0.1) is 0 Å². The number of benzene rings is 3. The van der Waals surface area contributed by atoms with E-state index in [9.17, 15) is 4.79 Å². The molecule has 0 spiro atoms. The second kappa shape index (κ2) is 8.98. The molecule has 34 heavy (non-hydrogen) atoms. The normalized spacial score (nSPS) is 12.1. The number of hydrogen-bond donors (Lipinski definition) is 2. The van der Waals surface area contributed by atoms with Gasteiger partial charge in [-0.05, 0) is 23.8 Å². The Morgan fingerprint density at radius 2 is 1.71 bits per heavy atom.